The molecule has 2 amide bonds. The molecule has 2 aromatic rings. The Balaban J connectivity index is 0.00000272. The molecule has 0 bridgehead atoms. The van der Waals surface area contributed by atoms with E-state index in [1.165, 1.54) is 4.90 Å². The molecule has 0 radical (unpaired) electrons. The Bertz CT molecular complexity index is 909. The molecule has 0 atom stereocenters. The van der Waals surface area contributed by atoms with Gasteiger partial charge in [0.15, 0.2) is 5.96 Å². The summed E-state index contributed by atoms with van der Waals surface area (Å²) < 4.78 is 0. The lowest BCUT2D eigenvalue weighted by Gasteiger charge is -2.37. The first-order valence-electron chi connectivity index (χ1n) is 10.3. The normalized spacial score (nSPS) is 16.3. The van der Waals surface area contributed by atoms with Gasteiger partial charge in [-0.15, -0.1) is 24.0 Å². The third-order valence-electron chi connectivity index (χ3n) is 5.35. The standard InChI is InChI=1S/C22H26N6O2.HI/c1-2-23-22(27-15-13-26(14-16-27)19-9-5-6-10-24-19)25-11-12-28-20(29)17-7-3-4-8-18(17)21(28)30;/h3-10H,2,11-16H2,1H3,(H,23,25);1H. The fourth-order valence-corrected chi connectivity index (χ4v) is 3.81. The van der Waals surface area contributed by atoms with Crippen LogP contribution in [-0.4, -0.2) is 78.4 Å². The Morgan fingerprint density at radius 3 is 2.23 bits per heavy atom. The molecule has 0 saturated carbocycles. The van der Waals surface area contributed by atoms with E-state index in [4.69, 9.17) is 0 Å². The number of aliphatic imine (C=N–C) groups is 1. The lowest BCUT2D eigenvalue weighted by molar-refractivity contribution is 0.0659. The number of benzene rings is 1. The Hall–Kier alpha value is -2.69. The molecule has 0 unspecified atom stereocenters. The van der Waals surface area contributed by atoms with Crippen molar-refractivity contribution in [2.24, 2.45) is 4.99 Å². The maximum Gasteiger partial charge on any atom is 0.261 e. The van der Waals surface area contributed by atoms with Crippen molar-refractivity contribution in [3.8, 4) is 0 Å². The Labute approximate surface area is 199 Å². The van der Waals surface area contributed by atoms with Crippen molar-refractivity contribution in [3.05, 3.63) is 59.8 Å². The molecule has 1 saturated heterocycles. The summed E-state index contributed by atoms with van der Waals surface area (Å²) in [7, 11) is 0. The molecular weight excluding hydrogens is 507 g/mol. The van der Waals surface area contributed by atoms with Gasteiger partial charge in [0.2, 0.25) is 0 Å². The van der Waals surface area contributed by atoms with Crippen molar-refractivity contribution < 1.29 is 9.59 Å². The number of hydrogen-bond acceptors (Lipinski definition) is 5. The summed E-state index contributed by atoms with van der Waals surface area (Å²) in [4.78, 5) is 39.9. The summed E-state index contributed by atoms with van der Waals surface area (Å²) >= 11 is 0. The highest BCUT2D eigenvalue weighted by molar-refractivity contribution is 14.0. The van der Waals surface area contributed by atoms with Gasteiger partial charge in [0, 0.05) is 45.5 Å². The van der Waals surface area contributed by atoms with Crippen LogP contribution in [0.4, 0.5) is 5.82 Å². The summed E-state index contributed by atoms with van der Waals surface area (Å²) in [6, 6.07) is 12.9. The molecule has 2 aliphatic heterocycles. The number of guanidine groups is 1. The monoisotopic (exact) mass is 534 g/mol. The fourth-order valence-electron chi connectivity index (χ4n) is 3.81. The first kappa shape index (κ1) is 23.0. The number of imide groups is 1. The molecule has 8 nitrogen and oxygen atoms in total. The van der Waals surface area contributed by atoms with E-state index in [1.807, 2.05) is 31.3 Å². The van der Waals surface area contributed by atoms with Crippen LogP contribution < -0.4 is 10.2 Å². The SMILES string of the molecule is CCNC(=NCCN1C(=O)c2ccccc2C1=O)N1CCN(c2ccccn2)CC1.I. The molecule has 4 rings (SSSR count). The molecule has 3 heterocycles. The second kappa shape index (κ2) is 10.6. The molecule has 0 aliphatic carbocycles. The third-order valence-corrected chi connectivity index (χ3v) is 5.35. The van der Waals surface area contributed by atoms with Crippen LogP contribution in [-0.2, 0) is 0 Å². The Morgan fingerprint density at radius 1 is 1.00 bits per heavy atom. The average Bonchev–Trinajstić information content (AvgIpc) is 3.04. The van der Waals surface area contributed by atoms with E-state index in [0.717, 1.165) is 44.5 Å². The molecule has 9 heteroatoms. The summed E-state index contributed by atoms with van der Waals surface area (Å²) in [5.74, 6) is 1.33. The zero-order valence-corrected chi connectivity index (χ0v) is 19.9. The smallest absolute Gasteiger partial charge is 0.261 e. The van der Waals surface area contributed by atoms with Gasteiger partial charge in [-0.3, -0.25) is 19.5 Å². The van der Waals surface area contributed by atoms with Gasteiger partial charge < -0.3 is 15.1 Å². The minimum absolute atomic E-state index is 0. The molecule has 1 fully saturated rings. The number of anilines is 1. The van der Waals surface area contributed by atoms with Gasteiger partial charge in [-0.2, -0.15) is 0 Å². The summed E-state index contributed by atoms with van der Waals surface area (Å²) in [6.45, 7) is 6.81. The molecule has 31 heavy (non-hydrogen) atoms. The summed E-state index contributed by atoms with van der Waals surface area (Å²) in [5.41, 5.74) is 0.952. The van der Waals surface area contributed by atoms with Gasteiger partial charge in [-0.05, 0) is 31.2 Å². The van der Waals surface area contributed by atoms with Gasteiger partial charge in [0.1, 0.15) is 5.82 Å². The number of amides is 2. The van der Waals surface area contributed by atoms with E-state index in [0.29, 0.717) is 17.7 Å². The van der Waals surface area contributed by atoms with Gasteiger partial charge in [-0.25, -0.2) is 4.98 Å². The molecule has 1 aromatic heterocycles. The summed E-state index contributed by atoms with van der Waals surface area (Å²) in [6.07, 6.45) is 1.81. The second-order valence-electron chi connectivity index (χ2n) is 7.21. The molecule has 1 aromatic carbocycles. The van der Waals surface area contributed by atoms with Gasteiger partial charge in [0.05, 0.1) is 17.7 Å². The van der Waals surface area contributed by atoms with E-state index < -0.39 is 0 Å². The highest BCUT2D eigenvalue weighted by Gasteiger charge is 2.34. The first-order valence-corrected chi connectivity index (χ1v) is 10.3. The Kier molecular flexibility index (Phi) is 7.83. The van der Waals surface area contributed by atoms with Crippen LogP contribution >= 0.6 is 24.0 Å². The first-order chi connectivity index (χ1) is 14.7. The van der Waals surface area contributed by atoms with E-state index >= 15 is 0 Å². The number of carbonyl (C=O) groups is 2. The van der Waals surface area contributed by atoms with Crippen molar-refractivity contribution in [2.45, 2.75) is 6.92 Å². The van der Waals surface area contributed by atoms with Crippen LogP contribution in [0, 0.1) is 0 Å². The zero-order chi connectivity index (χ0) is 20.9. The van der Waals surface area contributed by atoms with E-state index in [-0.39, 0.29) is 42.3 Å². The van der Waals surface area contributed by atoms with Crippen LogP contribution in [0.1, 0.15) is 27.6 Å². The lowest BCUT2D eigenvalue weighted by atomic mass is 10.1. The number of pyridine rings is 1. The molecule has 1 N–H and O–H groups in total. The van der Waals surface area contributed by atoms with Crippen molar-refractivity contribution in [1.29, 1.82) is 0 Å². The van der Waals surface area contributed by atoms with Gasteiger partial charge in [-0.1, -0.05) is 18.2 Å². The number of fused-ring (bicyclic) bond motifs is 1. The number of nitrogens with one attached hydrogen (secondary N) is 1. The van der Waals surface area contributed by atoms with Crippen LogP contribution in [0.25, 0.3) is 0 Å². The number of carbonyl (C=O) groups excluding carboxylic acids is 2. The van der Waals surface area contributed by atoms with Crippen LogP contribution in [0.3, 0.4) is 0 Å². The van der Waals surface area contributed by atoms with E-state index in [9.17, 15) is 9.59 Å². The number of rotatable bonds is 5. The van der Waals surface area contributed by atoms with Crippen molar-refractivity contribution in [3.63, 3.8) is 0 Å². The van der Waals surface area contributed by atoms with Crippen molar-refractivity contribution in [2.75, 3.05) is 50.7 Å². The number of piperazine rings is 1. The highest BCUT2D eigenvalue weighted by Crippen LogP contribution is 2.22. The van der Waals surface area contributed by atoms with Crippen molar-refractivity contribution >= 4 is 47.6 Å². The van der Waals surface area contributed by atoms with Crippen molar-refractivity contribution in [1.82, 2.24) is 20.1 Å². The third kappa shape index (κ3) is 4.97. The predicted molar refractivity (Wildman–Crippen MR) is 131 cm³/mol. The number of halogens is 1. The van der Waals surface area contributed by atoms with Crippen LogP contribution in [0.2, 0.25) is 0 Å². The maximum absolute atomic E-state index is 12.5. The van der Waals surface area contributed by atoms with E-state index in [1.54, 1.807) is 24.3 Å². The minimum atomic E-state index is -0.236. The largest absolute Gasteiger partial charge is 0.357 e. The topological polar surface area (TPSA) is 81.1 Å². The summed E-state index contributed by atoms with van der Waals surface area (Å²) in [5, 5.41) is 3.33. The van der Waals surface area contributed by atoms with E-state index in [2.05, 4.69) is 25.1 Å². The maximum atomic E-state index is 12.5. The zero-order valence-electron chi connectivity index (χ0n) is 17.5. The fraction of sp³-hybridized carbons (Fsp3) is 0.364. The number of aromatic nitrogens is 1. The van der Waals surface area contributed by atoms with Gasteiger partial charge in [0.25, 0.3) is 11.8 Å². The second-order valence-corrected chi connectivity index (χ2v) is 7.21. The minimum Gasteiger partial charge on any atom is -0.357 e. The van der Waals surface area contributed by atoms with Crippen LogP contribution in [0.5, 0.6) is 0 Å². The lowest BCUT2D eigenvalue weighted by Crippen LogP contribution is -2.53. The molecule has 0 spiro atoms. The Morgan fingerprint density at radius 2 is 1.65 bits per heavy atom. The molecular formula is C22H27IN6O2. The number of nitrogens with zero attached hydrogens (tertiary/aromatic N) is 5. The van der Waals surface area contributed by atoms with Crippen LogP contribution in [0.15, 0.2) is 53.7 Å². The predicted octanol–water partition coefficient (Wildman–Crippen LogP) is 2.08. The average molecular weight is 534 g/mol. The molecule has 164 valence electrons. The highest BCUT2D eigenvalue weighted by atomic mass is 127. The van der Waals surface area contributed by atoms with Gasteiger partial charge >= 0.3 is 0 Å². The number of hydrogen-bond donors (Lipinski definition) is 1. The quantitative estimate of drug-likeness (QED) is 0.274. The molecule has 2 aliphatic rings.